The monoisotopic (exact) mass is 570 g/mol. The summed E-state index contributed by atoms with van der Waals surface area (Å²) in [7, 11) is 0. The van der Waals surface area contributed by atoms with E-state index in [2.05, 4.69) is 5.16 Å². The first-order chi connectivity index (χ1) is 20.5. The second kappa shape index (κ2) is 11.6. The van der Waals surface area contributed by atoms with E-state index in [0.29, 0.717) is 55.1 Å². The summed E-state index contributed by atoms with van der Waals surface area (Å²) in [4.78, 5) is 49.5. The van der Waals surface area contributed by atoms with Crippen LogP contribution < -0.4 is 0 Å². The lowest BCUT2D eigenvalue weighted by Crippen LogP contribution is -2.51. The summed E-state index contributed by atoms with van der Waals surface area (Å²) < 4.78 is 18.1. The fourth-order valence-electron chi connectivity index (χ4n) is 5.77. The number of alkyl halides is 1. The molecule has 3 heterocycles. The number of rotatable bonds is 7. The number of halogens is 1. The smallest absolute Gasteiger partial charge is 0.409 e. The van der Waals surface area contributed by atoms with Crippen LogP contribution in [0.4, 0.5) is 9.18 Å². The van der Waals surface area contributed by atoms with Crippen LogP contribution >= 0.6 is 0 Å². The van der Waals surface area contributed by atoms with Crippen LogP contribution in [0.2, 0.25) is 0 Å². The lowest BCUT2D eigenvalue weighted by molar-refractivity contribution is -0.0192. The van der Waals surface area contributed by atoms with Gasteiger partial charge in [0.15, 0.2) is 5.84 Å². The van der Waals surface area contributed by atoms with Gasteiger partial charge in [0, 0.05) is 24.7 Å². The standard InChI is InChI=1S/C32H31FN4O5/c1-2-41-32(40)35-17-15-25(16-18-35)37-28(20-36-29(38)26-5-3-4-6-27(26)30(36)39)34-42-31(37)24-13-11-23(12-14-24)22-9-7-21(19-33)8-10-22/h3-14,25,31H,2,15-20H2,1H3. The first-order valence-electron chi connectivity index (χ1n) is 14.1. The first kappa shape index (κ1) is 27.4. The fraction of sp³-hybridized carbons (Fsp3) is 0.312. The van der Waals surface area contributed by atoms with Gasteiger partial charge in [-0.2, -0.15) is 0 Å². The van der Waals surface area contributed by atoms with E-state index in [-0.39, 0.29) is 30.5 Å². The zero-order chi connectivity index (χ0) is 29.2. The van der Waals surface area contributed by atoms with E-state index in [1.54, 1.807) is 48.2 Å². The molecule has 1 fully saturated rings. The van der Waals surface area contributed by atoms with E-state index < -0.39 is 12.9 Å². The molecule has 1 unspecified atom stereocenters. The van der Waals surface area contributed by atoms with Gasteiger partial charge in [0.2, 0.25) is 6.23 Å². The van der Waals surface area contributed by atoms with Gasteiger partial charge in [-0.25, -0.2) is 9.18 Å². The molecule has 0 spiro atoms. The highest BCUT2D eigenvalue weighted by Gasteiger charge is 2.43. The normalized spacial score (nSPS) is 18.7. The first-order valence-corrected chi connectivity index (χ1v) is 14.1. The zero-order valence-corrected chi connectivity index (χ0v) is 23.2. The third-order valence-electron chi connectivity index (χ3n) is 8.01. The topological polar surface area (TPSA) is 91.8 Å². The molecule has 216 valence electrons. The van der Waals surface area contributed by atoms with Crippen molar-refractivity contribution in [3.05, 3.63) is 95.1 Å². The number of oxime groups is 1. The SMILES string of the molecule is CCOC(=O)N1CCC(N2C(CN3C(=O)c4ccccc4C3=O)=NOC2c2ccc(-c3ccc(CF)cc3)cc2)CC1. The van der Waals surface area contributed by atoms with Gasteiger partial charge >= 0.3 is 6.09 Å². The molecule has 6 rings (SSSR count). The molecule has 10 heteroatoms. The van der Waals surface area contributed by atoms with Crippen molar-refractivity contribution >= 4 is 23.7 Å². The van der Waals surface area contributed by atoms with Crippen LogP contribution in [0.15, 0.2) is 78.0 Å². The van der Waals surface area contributed by atoms with E-state index in [4.69, 9.17) is 9.57 Å². The van der Waals surface area contributed by atoms with Crippen molar-refractivity contribution in [3.8, 4) is 11.1 Å². The minimum Gasteiger partial charge on any atom is -0.450 e. The third-order valence-corrected chi connectivity index (χ3v) is 8.01. The Morgan fingerprint density at radius 3 is 2.10 bits per heavy atom. The third kappa shape index (κ3) is 5.08. The molecule has 0 bridgehead atoms. The van der Waals surface area contributed by atoms with Crippen molar-refractivity contribution in [1.82, 2.24) is 14.7 Å². The second-order valence-electron chi connectivity index (χ2n) is 10.5. The number of nitrogens with zero attached hydrogens (tertiary/aromatic N) is 4. The van der Waals surface area contributed by atoms with Crippen LogP contribution in [0.25, 0.3) is 11.1 Å². The number of piperidine rings is 1. The van der Waals surface area contributed by atoms with Crippen LogP contribution in [0.3, 0.4) is 0 Å². The molecule has 1 saturated heterocycles. The molecule has 1 atom stereocenters. The van der Waals surface area contributed by atoms with Gasteiger partial charge in [-0.3, -0.25) is 14.5 Å². The highest BCUT2D eigenvalue weighted by molar-refractivity contribution is 6.22. The molecule has 3 aromatic rings. The quantitative estimate of drug-likeness (QED) is 0.354. The Balaban J connectivity index is 1.24. The summed E-state index contributed by atoms with van der Waals surface area (Å²) in [6.45, 7) is 2.56. The maximum atomic E-state index is 13.1. The maximum Gasteiger partial charge on any atom is 0.409 e. The van der Waals surface area contributed by atoms with Crippen molar-refractivity contribution < 1.29 is 28.3 Å². The summed E-state index contributed by atoms with van der Waals surface area (Å²) in [5.74, 6) is -0.237. The molecule has 0 N–H and O–H groups in total. The van der Waals surface area contributed by atoms with Gasteiger partial charge < -0.3 is 19.4 Å². The minimum atomic E-state index is -0.572. The Morgan fingerprint density at radius 2 is 1.52 bits per heavy atom. The Kier molecular flexibility index (Phi) is 7.60. The van der Waals surface area contributed by atoms with Gasteiger partial charge in [0.1, 0.15) is 6.67 Å². The molecular formula is C32H31FN4O5. The lowest BCUT2D eigenvalue weighted by atomic mass is 9.99. The lowest BCUT2D eigenvalue weighted by Gasteiger charge is -2.39. The van der Waals surface area contributed by atoms with Gasteiger partial charge in [0.05, 0.1) is 24.3 Å². The number of imide groups is 1. The summed E-state index contributed by atoms with van der Waals surface area (Å²) >= 11 is 0. The molecule has 0 saturated carbocycles. The number of likely N-dealkylation sites (tertiary alicyclic amines) is 1. The molecule has 0 aromatic heterocycles. The number of amidine groups is 1. The van der Waals surface area contributed by atoms with Crippen molar-refractivity contribution in [1.29, 1.82) is 0 Å². The van der Waals surface area contributed by atoms with Crippen molar-refractivity contribution in [2.45, 2.75) is 38.7 Å². The number of hydrogen-bond acceptors (Lipinski definition) is 7. The van der Waals surface area contributed by atoms with Crippen molar-refractivity contribution in [2.24, 2.45) is 5.16 Å². The van der Waals surface area contributed by atoms with E-state index in [1.807, 2.05) is 41.3 Å². The molecule has 3 aliphatic rings. The largest absolute Gasteiger partial charge is 0.450 e. The Hall–Kier alpha value is -4.73. The van der Waals surface area contributed by atoms with Crippen molar-refractivity contribution in [3.63, 3.8) is 0 Å². The van der Waals surface area contributed by atoms with Crippen LogP contribution in [-0.4, -0.2) is 70.7 Å². The molecule has 9 nitrogen and oxygen atoms in total. The average molecular weight is 571 g/mol. The van der Waals surface area contributed by atoms with Crippen LogP contribution in [-0.2, 0) is 16.2 Å². The molecule has 0 aliphatic carbocycles. The summed E-state index contributed by atoms with van der Waals surface area (Å²) in [6, 6.07) is 21.9. The van der Waals surface area contributed by atoms with Gasteiger partial charge in [-0.15, -0.1) is 0 Å². The molecule has 3 amide bonds. The molecular weight excluding hydrogens is 539 g/mol. The molecule has 0 radical (unpaired) electrons. The van der Waals surface area contributed by atoms with Crippen molar-refractivity contribution in [2.75, 3.05) is 26.2 Å². The minimum absolute atomic E-state index is 0.0278. The van der Waals surface area contributed by atoms with E-state index in [0.717, 1.165) is 16.7 Å². The Bertz CT molecular complexity index is 1480. The maximum absolute atomic E-state index is 13.1. The van der Waals surface area contributed by atoms with Crippen LogP contribution in [0.1, 0.15) is 57.8 Å². The second-order valence-corrected chi connectivity index (χ2v) is 10.5. The molecule has 3 aromatic carbocycles. The number of amides is 3. The Labute approximate surface area is 243 Å². The van der Waals surface area contributed by atoms with E-state index >= 15 is 0 Å². The highest BCUT2D eigenvalue weighted by Crippen LogP contribution is 2.36. The summed E-state index contributed by atoms with van der Waals surface area (Å²) in [5.41, 5.74) is 4.18. The van der Waals surface area contributed by atoms with Crippen LogP contribution in [0.5, 0.6) is 0 Å². The molecule has 3 aliphatic heterocycles. The Morgan fingerprint density at radius 1 is 0.929 bits per heavy atom. The number of benzene rings is 3. The average Bonchev–Trinajstić information content (AvgIpc) is 3.56. The summed E-state index contributed by atoms with van der Waals surface area (Å²) in [5, 5.41) is 4.38. The number of carbonyl (C=O) groups is 3. The number of hydrogen-bond donors (Lipinski definition) is 0. The highest BCUT2D eigenvalue weighted by atomic mass is 19.1. The predicted molar refractivity (Wildman–Crippen MR) is 153 cm³/mol. The zero-order valence-electron chi connectivity index (χ0n) is 23.2. The van der Waals surface area contributed by atoms with E-state index in [1.165, 1.54) is 4.90 Å². The summed E-state index contributed by atoms with van der Waals surface area (Å²) in [6.07, 6.45) is 0.370. The van der Waals surface area contributed by atoms with Gasteiger partial charge in [0.25, 0.3) is 11.8 Å². The number of ether oxygens (including phenoxy) is 1. The van der Waals surface area contributed by atoms with E-state index in [9.17, 15) is 18.8 Å². The predicted octanol–water partition coefficient (Wildman–Crippen LogP) is 5.38. The van der Waals surface area contributed by atoms with Gasteiger partial charge in [-0.05, 0) is 48.6 Å². The van der Waals surface area contributed by atoms with Crippen LogP contribution in [0, 0.1) is 0 Å². The van der Waals surface area contributed by atoms with Gasteiger partial charge in [-0.1, -0.05) is 65.8 Å². The fourth-order valence-corrected chi connectivity index (χ4v) is 5.77. The number of carbonyl (C=O) groups excluding carboxylic acids is 3. The number of fused-ring (bicyclic) bond motifs is 1. The molecule has 42 heavy (non-hydrogen) atoms.